The van der Waals surface area contributed by atoms with Crippen LogP contribution in [0.25, 0.3) is 0 Å². The van der Waals surface area contributed by atoms with Gasteiger partial charge >= 0.3 is 12.0 Å². The van der Waals surface area contributed by atoms with E-state index in [1.165, 1.54) is 26.3 Å². The molecule has 2 aromatic rings. The Bertz CT molecular complexity index is 1120. The maximum atomic E-state index is 13.7. The van der Waals surface area contributed by atoms with Crippen molar-refractivity contribution in [1.82, 2.24) is 0 Å². The van der Waals surface area contributed by atoms with Crippen LogP contribution >= 0.6 is 0 Å². The number of ether oxygens (including phenoxy) is 2. The van der Waals surface area contributed by atoms with Crippen LogP contribution in [0.3, 0.4) is 0 Å². The van der Waals surface area contributed by atoms with Crippen LogP contribution < -0.4 is 15.0 Å². The summed E-state index contributed by atoms with van der Waals surface area (Å²) in [6, 6.07) is 10.00. The monoisotopic (exact) mass is 437 g/mol. The van der Waals surface area contributed by atoms with E-state index in [0.29, 0.717) is 29.2 Å². The highest BCUT2D eigenvalue weighted by atomic mass is 19.1. The molecule has 0 spiro atoms. The number of anilines is 2. The number of allylic oxidation sites excluding steroid dienone is 2. The Hall–Kier alpha value is -3.94. The van der Waals surface area contributed by atoms with Crippen molar-refractivity contribution in [2.45, 2.75) is 20.4 Å². The molecule has 1 aliphatic heterocycles. The lowest BCUT2D eigenvalue weighted by Crippen LogP contribution is -2.39. The fourth-order valence-corrected chi connectivity index (χ4v) is 3.18. The van der Waals surface area contributed by atoms with E-state index in [4.69, 9.17) is 9.47 Å². The standard InChI is InChI=1S/C24H24FN3O4/c1-5-10-26-21(16(3)25)14-32-19-9-6-15(2)22(12-19)28-13-18-8-7-17(23(29)31-4)11-20(18)27-24(28)30/h5-12H,1,13-14H2,2-4H3,(H,27,30)/b21-16+,26-10?. The number of esters is 1. The predicted molar refractivity (Wildman–Crippen MR) is 122 cm³/mol. The van der Waals surface area contributed by atoms with Crippen molar-refractivity contribution >= 4 is 29.6 Å². The van der Waals surface area contributed by atoms with Gasteiger partial charge in [0, 0.05) is 18.0 Å². The van der Waals surface area contributed by atoms with Crippen molar-refractivity contribution in [2.24, 2.45) is 4.99 Å². The van der Waals surface area contributed by atoms with Crippen molar-refractivity contribution in [2.75, 3.05) is 23.9 Å². The van der Waals surface area contributed by atoms with Gasteiger partial charge in [0.05, 0.1) is 24.9 Å². The minimum atomic E-state index is -0.473. The van der Waals surface area contributed by atoms with Gasteiger partial charge in [0.25, 0.3) is 0 Å². The third kappa shape index (κ3) is 5.03. The predicted octanol–water partition coefficient (Wildman–Crippen LogP) is 5.17. The van der Waals surface area contributed by atoms with Crippen LogP contribution in [0.1, 0.15) is 28.4 Å². The van der Waals surface area contributed by atoms with Gasteiger partial charge in [-0.05, 0) is 43.2 Å². The first-order chi connectivity index (χ1) is 15.3. The summed E-state index contributed by atoms with van der Waals surface area (Å²) in [6.07, 6.45) is 2.84. The SMILES string of the molecule is C=CC=N/C(COc1ccc(C)c(N2Cc3ccc(C(=O)OC)cc3NC2=O)c1)=C(\C)F. The second-order valence-corrected chi connectivity index (χ2v) is 7.11. The number of carbonyl (C=O) groups is 2. The highest BCUT2D eigenvalue weighted by Crippen LogP contribution is 2.32. The molecule has 32 heavy (non-hydrogen) atoms. The number of amides is 2. The topological polar surface area (TPSA) is 80.2 Å². The number of nitrogens with one attached hydrogen (secondary N) is 1. The third-order valence-corrected chi connectivity index (χ3v) is 4.93. The Balaban J connectivity index is 1.83. The first-order valence-electron chi connectivity index (χ1n) is 9.87. The smallest absolute Gasteiger partial charge is 0.337 e. The number of carbonyl (C=O) groups excluding carboxylic acids is 2. The molecule has 1 N–H and O–H groups in total. The molecule has 0 saturated carbocycles. The number of fused-ring (bicyclic) bond motifs is 1. The van der Waals surface area contributed by atoms with Gasteiger partial charge < -0.3 is 14.8 Å². The molecule has 0 unspecified atom stereocenters. The lowest BCUT2D eigenvalue weighted by molar-refractivity contribution is 0.0600. The first kappa shape index (κ1) is 22.7. The van der Waals surface area contributed by atoms with Crippen molar-refractivity contribution in [1.29, 1.82) is 0 Å². The lowest BCUT2D eigenvalue weighted by atomic mass is 10.1. The molecule has 8 heteroatoms. The van der Waals surface area contributed by atoms with E-state index >= 15 is 0 Å². The maximum absolute atomic E-state index is 13.7. The normalized spacial score (nSPS) is 13.9. The number of halogens is 1. The van der Waals surface area contributed by atoms with E-state index in [9.17, 15) is 14.0 Å². The molecule has 0 aliphatic carbocycles. The average Bonchev–Trinajstić information content (AvgIpc) is 2.78. The van der Waals surface area contributed by atoms with Gasteiger partial charge in [-0.25, -0.2) is 14.0 Å². The molecular formula is C24H24FN3O4. The molecule has 2 amide bonds. The summed E-state index contributed by atoms with van der Waals surface area (Å²) >= 11 is 0. The van der Waals surface area contributed by atoms with E-state index in [0.717, 1.165) is 11.1 Å². The summed E-state index contributed by atoms with van der Waals surface area (Å²) < 4.78 is 24.1. The minimum absolute atomic E-state index is 0.0689. The summed E-state index contributed by atoms with van der Waals surface area (Å²) in [5.74, 6) is -0.453. The Labute approximate surface area is 185 Å². The van der Waals surface area contributed by atoms with Gasteiger partial charge in [-0.3, -0.25) is 9.89 Å². The second-order valence-electron chi connectivity index (χ2n) is 7.11. The van der Waals surface area contributed by atoms with Crippen LogP contribution in [-0.4, -0.2) is 31.9 Å². The van der Waals surface area contributed by atoms with Gasteiger partial charge in [0.1, 0.15) is 23.9 Å². The molecule has 0 atom stereocenters. The number of rotatable bonds is 7. The summed E-state index contributed by atoms with van der Waals surface area (Å²) in [6.45, 7) is 6.95. The molecule has 1 aliphatic rings. The molecule has 0 fully saturated rings. The van der Waals surface area contributed by atoms with E-state index in [1.54, 1.807) is 35.2 Å². The van der Waals surface area contributed by atoms with Gasteiger partial charge in [-0.15, -0.1) is 0 Å². The van der Waals surface area contributed by atoms with Gasteiger partial charge in [0.2, 0.25) is 0 Å². The van der Waals surface area contributed by atoms with Gasteiger partial charge in [-0.2, -0.15) is 0 Å². The molecular weight excluding hydrogens is 413 g/mol. The van der Waals surface area contributed by atoms with Crippen molar-refractivity contribution in [3.05, 3.63) is 77.3 Å². The van der Waals surface area contributed by atoms with Crippen molar-refractivity contribution in [3.8, 4) is 5.75 Å². The Morgan fingerprint density at radius 1 is 1.31 bits per heavy atom. The summed E-state index contributed by atoms with van der Waals surface area (Å²) in [4.78, 5) is 30.1. The van der Waals surface area contributed by atoms with E-state index < -0.39 is 11.8 Å². The van der Waals surface area contributed by atoms with E-state index in [2.05, 4.69) is 16.9 Å². The summed E-state index contributed by atoms with van der Waals surface area (Å²) in [7, 11) is 1.30. The summed E-state index contributed by atoms with van der Waals surface area (Å²) in [5.41, 5.74) is 3.44. The molecule has 1 heterocycles. The van der Waals surface area contributed by atoms with Crippen LogP contribution in [0, 0.1) is 6.92 Å². The quantitative estimate of drug-likeness (QED) is 0.479. The van der Waals surface area contributed by atoms with Gasteiger partial charge in [-0.1, -0.05) is 24.8 Å². The number of methoxy groups -OCH3 is 1. The second kappa shape index (κ2) is 9.91. The fraction of sp³-hybridized carbons (Fsp3) is 0.208. The van der Waals surface area contributed by atoms with Crippen molar-refractivity contribution < 1.29 is 23.5 Å². The Kier molecular flexibility index (Phi) is 7.04. The highest BCUT2D eigenvalue weighted by molar-refractivity contribution is 6.05. The molecule has 2 aromatic carbocycles. The third-order valence-electron chi connectivity index (χ3n) is 4.93. The first-order valence-corrected chi connectivity index (χ1v) is 9.87. The highest BCUT2D eigenvalue weighted by Gasteiger charge is 2.26. The number of aliphatic imine (C=N–C) groups is 1. The van der Waals surface area contributed by atoms with Crippen LogP contribution in [0.2, 0.25) is 0 Å². The van der Waals surface area contributed by atoms with Crippen LogP contribution in [0.15, 0.2) is 65.6 Å². The Morgan fingerprint density at radius 2 is 2.09 bits per heavy atom. The zero-order chi connectivity index (χ0) is 23.3. The van der Waals surface area contributed by atoms with E-state index in [-0.39, 0.29) is 18.3 Å². The molecule has 3 rings (SSSR count). The van der Waals surface area contributed by atoms with Crippen molar-refractivity contribution in [3.63, 3.8) is 0 Å². The molecule has 0 saturated heterocycles. The average molecular weight is 437 g/mol. The molecule has 7 nitrogen and oxygen atoms in total. The van der Waals surface area contributed by atoms with Gasteiger partial charge in [0.15, 0.2) is 0 Å². The number of hydrogen-bond donors (Lipinski definition) is 1. The molecule has 166 valence electrons. The maximum Gasteiger partial charge on any atom is 0.337 e. The van der Waals surface area contributed by atoms with E-state index in [1.807, 2.05) is 13.0 Å². The van der Waals surface area contributed by atoms with Crippen LogP contribution in [0.5, 0.6) is 5.75 Å². The molecule has 0 bridgehead atoms. The minimum Gasteiger partial charge on any atom is -0.487 e. The fourth-order valence-electron chi connectivity index (χ4n) is 3.18. The summed E-state index contributed by atoms with van der Waals surface area (Å²) in [5, 5.41) is 2.82. The number of hydrogen-bond acceptors (Lipinski definition) is 5. The zero-order valence-electron chi connectivity index (χ0n) is 18.1. The zero-order valence-corrected chi connectivity index (χ0v) is 18.1. The largest absolute Gasteiger partial charge is 0.487 e. The van der Waals surface area contributed by atoms with Crippen LogP contribution in [-0.2, 0) is 11.3 Å². The molecule has 0 radical (unpaired) electrons. The molecule has 0 aromatic heterocycles. The lowest BCUT2D eigenvalue weighted by Gasteiger charge is -2.31. The Morgan fingerprint density at radius 3 is 2.78 bits per heavy atom. The van der Waals surface area contributed by atoms with Crippen LogP contribution in [0.4, 0.5) is 20.6 Å². The number of aryl methyl sites for hydroxylation is 1. The number of urea groups is 1. The number of nitrogens with zero attached hydrogens (tertiary/aromatic N) is 2. The number of benzene rings is 2.